The van der Waals surface area contributed by atoms with E-state index in [0.717, 1.165) is 5.75 Å². The molecule has 0 unspecified atom stereocenters. The van der Waals surface area contributed by atoms with Crippen LogP contribution in [0.1, 0.15) is 10.4 Å². The van der Waals surface area contributed by atoms with E-state index in [-0.39, 0.29) is 24.5 Å². The second kappa shape index (κ2) is 7.90. The fourth-order valence-corrected chi connectivity index (χ4v) is 1.69. The molecule has 0 aliphatic heterocycles. The lowest BCUT2D eigenvalue weighted by Crippen LogP contribution is -2.10. The lowest BCUT2D eigenvalue weighted by atomic mass is 10.2. The monoisotopic (exact) mass is 304 g/mol. The Bertz CT molecular complexity index is 608. The normalized spacial score (nSPS) is 10.0. The van der Waals surface area contributed by atoms with Crippen LogP contribution in [0.15, 0.2) is 48.5 Å². The number of aromatic carboxylic acids is 1. The predicted octanol–water partition coefficient (Wildman–Crippen LogP) is 2.78. The van der Waals surface area contributed by atoms with Crippen molar-refractivity contribution in [2.45, 2.75) is 0 Å². The van der Waals surface area contributed by atoms with Crippen molar-refractivity contribution in [2.75, 3.05) is 20.3 Å². The molecule has 0 saturated heterocycles. The fourth-order valence-electron chi connectivity index (χ4n) is 1.69. The molecule has 2 rings (SSSR count). The van der Waals surface area contributed by atoms with Crippen molar-refractivity contribution in [3.63, 3.8) is 0 Å². The van der Waals surface area contributed by atoms with Crippen molar-refractivity contribution in [1.82, 2.24) is 0 Å². The average molecular weight is 304 g/mol. The summed E-state index contributed by atoms with van der Waals surface area (Å²) < 4.78 is 10.5. The number of ether oxygens (including phenoxy) is 2. The standard InChI is InChI=1S/C16H16O6/c1-19-12-6-8-13(9-7-12)20-10-11-21-22-15-5-3-2-4-14(15)16(17)18/h2-9H,10-11H2,1H3,(H,17,18). The smallest absolute Gasteiger partial charge is 0.339 e. The Kier molecular flexibility index (Phi) is 5.62. The van der Waals surface area contributed by atoms with Crippen LogP contribution in [0.25, 0.3) is 0 Å². The third-order valence-electron chi connectivity index (χ3n) is 2.76. The van der Waals surface area contributed by atoms with E-state index in [1.165, 1.54) is 12.1 Å². The van der Waals surface area contributed by atoms with Gasteiger partial charge in [0.25, 0.3) is 0 Å². The molecule has 6 nitrogen and oxygen atoms in total. The van der Waals surface area contributed by atoms with Gasteiger partial charge >= 0.3 is 5.97 Å². The molecular weight excluding hydrogens is 288 g/mol. The summed E-state index contributed by atoms with van der Waals surface area (Å²) in [5, 5.41) is 8.99. The first kappa shape index (κ1) is 15.7. The zero-order valence-corrected chi connectivity index (χ0v) is 12.0. The number of carboxylic acids is 1. The SMILES string of the molecule is COc1ccc(OCCOOc2ccccc2C(=O)O)cc1. The van der Waals surface area contributed by atoms with Crippen molar-refractivity contribution in [2.24, 2.45) is 0 Å². The van der Waals surface area contributed by atoms with Gasteiger partial charge < -0.3 is 19.5 Å². The van der Waals surface area contributed by atoms with Gasteiger partial charge in [0.1, 0.15) is 30.3 Å². The van der Waals surface area contributed by atoms with Gasteiger partial charge in [-0.1, -0.05) is 12.1 Å². The van der Waals surface area contributed by atoms with Crippen LogP contribution in [0, 0.1) is 0 Å². The molecule has 0 radical (unpaired) electrons. The highest BCUT2D eigenvalue weighted by molar-refractivity contribution is 5.90. The Labute approximate surface area is 127 Å². The van der Waals surface area contributed by atoms with E-state index in [4.69, 9.17) is 24.4 Å². The van der Waals surface area contributed by atoms with Gasteiger partial charge in [0, 0.05) is 0 Å². The minimum atomic E-state index is -1.08. The molecule has 116 valence electrons. The highest BCUT2D eigenvalue weighted by Gasteiger charge is 2.10. The van der Waals surface area contributed by atoms with Crippen LogP contribution in [0.5, 0.6) is 17.2 Å². The topological polar surface area (TPSA) is 74.2 Å². The van der Waals surface area contributed by atoms with Crippen molar-refractivity contribution in [1.29, 1.82) is 0 Å². The van der Waals surface area contributed by atoms with Gasteiger partial charge in [-0.2, -0.15) is 4.89 Å². The molecule has 0 fully saturated rings. The summed E-state index contributed by atoms with van der Waals surface area (Å²) in [5.41, 5.74) is 0.0403. The Balaban J connectivity index is 1.74. The van der Waals surface area contributed by atoms with Gasteiger partial charge in [-0.15, -0.1) is 0 Å². The summed E-state index contributed by atoms with van der Waals surface area (Å²) in [6, 6.07) is 13.4. The van der Waals surface area contributed by atoms with E-state index in [2.05, 4.69) is 0 Å². The van der Waals surface area contributed by atoms with Gasteiger partial charge in [0.15, 0.2) is 5.75 Å². The number of rotatable bonds is 8. The third kappa shape index (κ3) is 4.39. The number of para-hydroxylation sites is 1. The van der Waals surface area contributed by atoms with Gasteiger partial charge in [-0.05, 0) is 36.4 Å². The zero-order valence-electron chi connectivity index (χ0n) is 12.0. The summed E-state index contributed by atoms with van der Waals surface area (Å²) in [6.45, 7) is 0.418. The van der Waals surface area contributed by atoms with E-state index in [1.54, 1.807) is 43.5 Å². The Morgan fingerprint density at radius 1 is 1.00 bits per heavy atom. The van der Waals surface area contributed by atoms with Gasteiger partial charge in [-0.25, -0.2) is 4.79 Å². The van der Waals surface area contributed by atoms with Crippen molar-refractivity contribution < 1.29 is 29.1 Å². The molecule has 6 heteroatoms. The Hall–Kier alpha value is -2.73. The maximum Gasteiger partial charge on any atom is 0.339 e. The molecule has 0 aromatic heterocycles. The molecule has 0 atom stereocenters. The van der Waals surface area contributed by atoms with Crippen LogP contribution in [-0.2, 0) is 4.89 Å². The maximum atomic E-state index is 11.0. The number of hydrogen-bond acceptors (Lipinski definition) is 5. The van der Waals surface area contributed by atoms with E-state index in [1.807, 2.05) is 0 Å². The second-order valence-corrected chi connectivity index (χ2v) is 4.23. The second-order valence-electron chi connectivity index (χ2n) is 4.23. The Morgan fingerprint density at radius 3 is 2.36 bits per heavy atom. The molecule has 0 amide bonds. The van der Waals surface area contributed by atoms with Crippen molar-refractivity contribution in [3.8, 4) is 17.2 Å². The molecular formula is C16H16O6. The molecule has 1 N–H and O–H groups in total. The number of benzene rings is 2. The molecule has 0 saturated carbocycles. The van der Waals surface area contributed by atoms with Crippen LogP contribution in [0.2, 0.25) is 0 Å². The molecule has 0 aliphatic rings. The van der Waals surface area contributed by atoms with Crippen LogP contribution in [0.3, 0.4) is 0 Å². The minimum absolute atomic E-state index is 0.0403. The van der Waals surface area contributed by atoms with E-state index < -0.39 is 5.97 Å². The van der Waals surface area contributed by atoms with Crippen molar-refractivity contribution >= 4 is 5.97 Å². The first-order chi connectivity index (χ1) is 10.7. The quantitative estimate of drug-likeness (QED) is 0.459. The summed E-state index contributed by atoms with van der Waals surface area (Å²) in [5.74, 6) is 0.501. The summed E-state index contributed by atoms with van der Waals surface area (Å²) >= 11 is 0. The van der Waals surface area contributed by atoms with Crippen LogP contribution in [-0.4, -0.2) is 31.4 Å². The lowest BCUT2D eigenvalue weighted by molar-refractivity contribution is -0.211. The van der Waals surface area contributed by atoms with Gasteiger partial charge in [-0.3, -0.25) is 0 Å². The van der Waals surface area contributed by atoms with Crippen molar-refractivity contribution in [3.05, 3.63) is 54.1 Å². The predicted molar refractivity (Wildman–Crippen MR) is 78.5 cm³/mol. The molecule has 22 heavy (non-hydrogen) atoms. The summed E-state index contributed by atoms with van der Waals surface area (Å²) in [6.07, 6.45) is 0. The molecule has 2 aromatic carbocycles. The zero-order chi connectivity index (χ0) is 15.8. The lowest BCUT2D eigenvalue weighted by Gasteiger charge is -2.09. The number of carbonyl (C=O) groups is 1. The van der Waals surface area contributed by atoms with E-state index in [0.29, 0.717) is 5.75 Å². The largest absolute Gasteiger partial charge is 0.497 e. The van der Waals surface area contributed by atoms with Gasteiger partial charge in [0.05, 0.1) is 7.11 Å². The van der Waals surface area contributed by atoms with Crippen LogP contribution >= 0.6 is 0 Å². The highest BCUT2D eigenvalue weighted by Crippen LogP contribution is 2.18. The van der Waals surface area contributed by atoms with Gasteiger partial charge in [0.2, 0.25) is 0 Å². The molecule has 0 bridgehead atoms. The molecule has 0 heterocycles. The van der Waals surface area contributed by atoms with Crippen LogP contribution in [0.4, 0.5) is 0 Å². The summed E-state index contributed by atoms with van der Waals surface area (Å²) in [4.78, 5) is 20.9. The Morgan fingerprint density at radius 2 is 1.68 bits per heavy atom. The van der Waals surface area contributed by atoms with Crippen LogP contribution < -0.4 is 14.4 Å². The molecule has 2 aromatic rings. The third-order valence-corrected chi connectivity index (χ3v) is 2.76. The minimum Gasteiger partial charge on any atom is -0.497 e. The van der Waals surface area contributed by atoms with E-state index >= 15 is 0 Å². The van der Waals surface area contributed by atoms with E-state index in [9.17, 15) is 4.79 Å². The molecule has 0 aliphatic carbocycles. The maximum absolute atomic E-state index is 11.0. The number of methoxy groups -OCH3 is 1. The average Bonchev–Trinajstić information content (AvgIpc) is 2.55. The number of carboxylic acid groups (broad SMARTS) is 1. The summed E-state index contributed by atoms with van der Waals surface area (Å²) in [7, 11) is 1.59. The highest BCUT2D eigenvalue weighted by atomic mass is 17.2. The first-order valence-corrected chi connectivity index (χ1v) is 6.59. The number of hydrogen-bond donors (Lipinski definition) is 1. The molecule has 0 spiro atoms. The fraction of sp³-hybridized carbons (Fsp3) is 0.188. The first-order valence-electron chi connectivity index (χ1n) is 6.59.